The number of carboxylic acids is 1. The molecule has 34 heavy (non-hydrogen) atoms. The first-order valence-electron chi connectivity index (χ1n) is 11.6. The molecular formula is C26H27N5O3. The van der Waals surface area contributed by atoms with Gasteiger partial charge >= 0.3 is 5.97 Å². The Morgan fingerprint density at radius 1 is 0.882 bits per heavy atom. The van der Waals surface area contributed by atoms with Gasteiger partial charge in [0.2, 0.25) is 0 Å². The molecule has 3 aliphatic heterocycles. The molecule has 0 saturated heterocycles. The molecule has 0 amide bonds. The molecule has 8 nitrogen and oxygen atoms in total. The fraction of sp³-hybridized carbons (Fsp3) is 0.269. The molecule has 3 aliphatic rings. The third-order valence-corrected chi connectivity index (χ3v) is 6.21. The van der Waals surface area contributed by atoms with E-state index in [1.807, 2.05) is 36.4 Å². The maximum Gasteiger partial charge on any atom is 0.336 e. The Morgan fingerprint density at radius 2 is 1.62 bits per heavy atom. The Balaban J connectivity index is 1.41. The first-order chi connectivity index (χ1) is 16.7. The predicted molar refractivity (Wildman–Crippen MR) is 133 cm³/mol. The molecule has 174 valence electrons. The third kappa shape index (κ3) is 4.78. The molecule has 0 aliphatic carbocycles. The van der Waals surface area contributed by atoms with Gasteiger partial charge in [0.25, 0.3) is 5.90 Å². The number of hydrogen-bond donors (Lipinski definition) is 4. The lowest BCUT2D eigenvalue weighted by Gasteiger charge is -2.17. The van der Waals surface area contributed by atoms with E-state index < -0.39 is 5.97 Å². The van der Waals surface area contributed by atoms with E-state index in [0.29, 0.717) is 17.3 Å². The molecule has 0 atom stereocenters. The van der Waals surface area contributed by atoms with Crippen LogP contribution in [0.25, 0.3) is 16.7 Å². The first kappa shape index (κ1) is 22.1. The van der Waals surface area contributed by atoms with E-state index in [1.54, 1.807) is 6.07 Å². The lowest BCUT2D eigenvalue weighted by Crippen LogP contribution is -2.24. The second kappa shape index (κ2) is 10.0. The Hall–Kier alpha value is -3.75. The molecule has 2 aromatic carbocycles. The average molecular weight is 458 g/mol. The van der Waals surface area contributed by atoms with Crippen molar-refractivity contribution in [1.29, 1.82) is 0 Å². The molecule has 0 spiro atoms. The number of nitrogens with one attached hydrogen (secondary N) is 3. The Kier molecular flexibility index (Phi) is 6.51. The highest BCUT2D eigenvalue weighted by Gasteiger charge is 2.18. The normalized spacial score (nSPS) is 18.4. The lowest BCUT2D eigenvalue weighted by molar-refractivity contribution is 0.0696. The monoisotopic (exact) mass is 457 g/mol. The average Bonchev–Trinajstić information content (AvgIpc) is 3.19. The van der Waals surface area contributed by atoms with Crippen LogP contribution in [0.2, 0.25) is 0 Å². The molecule has 3 heterocycles. The van der Waals surface area contributed by atoms with Gasteiger partial charge in [-0.25, -0.2) is 4.79 Å². The fourth-order valence-corrected chi connectivity index (χ4v) is 4.38. The van der Waals surface area contributed by atoms with Gasteiger partial charge in [0.1, 0.15) is 0 Å². The van der Waals surface area contributed by atoms with Crippen molar-refractivity contribution in [3.63, 3.8) is 0 Å². The maximum absolute atomic E-state index is 11.8. The highest BCUT2D eigenvalue weighted by atomic mass is 16.7. The molecule has 0 fully saturated rings. The second-order valence-electron chi connectivity index (χ2n) is 8.41. The van der Waals surface area contributed by atoms with E-state index in [2.05, 4.69) is 38.5 Å². The number of nitrogens with zero attached hydrogens (tertiary/aromatic N) is 2. The van der Waals surface area contributed by atoms with Crippen LogP contribution in [0.1, 0.15) is 40.7 Å². The van der Waals surface area contributed by atoms with E-state index in [-0.39, 0.29) is 0 Å². The Morgan fingerprint density at radius 3 is 2.41 bits per heavy atom. The SMILES string of the molecule is O=C(O)c1ccc(-c2ccc(C3=NC(C4=CCNCCC4)=NNO3)cc2)cc1C1=CCNCC1. The minimum absolute atomic E-state index is 0.333. The van der Waals surface area contributed by atoms with Crippen molar-refractivity contribution in [2.45, 2.75) is 19.3 Å². The van der Waals surface area contributed by atoms with Crippen LogP contribution in [-0.2, 0) is 4.84 Å². The Labute approximate surface area is 198 Å². The zero-order valence-corrected chi connectivity index (χ0v) is 18.8. The maximum atomic E-state index is 11.8. The summed E-state index contributed by atoms with van der Waals surface area (Å²) in [5, 5.41) is 20.5. The van der Waals surface area contributed by atoms with Crippen molar-refractivity contribution < 1.29 is 14.7 Å². The van der Waals surface area contributed by atoms with Gasteiger partial charge in [-0.05, 0) is 84.5 Å². The van der Waals surface area contributed by atoms with Crippen molar-refractivity contribution >= 4 is 23.3 Å². The Bertz CT molecular complexity index is 1210. The summed E-state index contributed by atoms with van der Waals surface area (Å²) in [5.74, 6) is 0.211. The van der Waals surface area contributed by atoms with Gasteiger partial charge in [0.15, 0.2) is 5.84 Å². The smallest absolute Gasteiger partial charge is 0.336 e. The summed E-state index contributed by atoms with van der Waals surface area (Å²) in [7, 11) is 0. The zero-order valence-electron chi connectivity index (χ0n) is 18.8. The van der Waals surface area contributed by atoms with Crippen LogP contribution in [-0.4, -0.2) is 49.0 Å². The highest BCUT2D eigenvalue weighted by molar-refractivity contribution is 6.10. The summed E-state index contributed by atoms with van der Waals surface area (Å²) in [5.41, 5.74) is 8.72. The molecular weight excluding hydrogens is 430 g/mol. The molecule has 0 radical (unpaired) electrons. The number of amidine groups is 1. The highest BCUT2D eigenvalue weighted by Crippen LogP contribution is 2.30. The van der Waals surface area contributed by atoms with Crippen LogP contribution in [0, 0.1) is 0 Å². The van der Waals surface area contributed by atoms with E-state index in [0.717, 1.165) is 78.8 Å². The van der Waals surface area contributed by atoms with Gasteiger partial charge in [0.05, 0.1) is 5.56 Å². The van der Waals surface area contributed by atoms with Crippen molar-refractivity contribution in [2.75, 3.05) is 26.2 Å². The third-order valence-electron chi connectivity index (χ3n) is 6.21. The first-order valence-corrected chi connectivity index (χ1v) is 11.6. The number of benzene rings is 2. The molecule has 0 unspecified atom stereocenters. The molecule has 0 aromatic heterocycles. The van der Waals surface area contributed by atoms with Crippen LogP contribution in [0.3, 0.4) is 0 Å². The predicted octanol–water partition coefficient (Wildman–Crippen LogP) is 3.33. The standard InChI is InChI=1S/C26H27N5O3/c32-26(33)22-8-7-21(16-23(22)18-9-13-28-14-10-18)17-3-5-20(6-4-17)25-29-24(30-31-34-25)19-2-1-12-27-15-11-19/h3-9,11,16,27-28,31H,1-2,10,12-15H2,(H,32,33). The number of aliphatic imine (C=N–C) groups is 1. The number of hydrogen-bond acceptors (Lipinski definition) is 7. The summed E-state index contributed by atoms with van der Waals surface area (Å²) in [6.45, 7) is 3.39. The van der Waals surface area contributed by atoms with E-state index in [9.17, 15) is 9.90 Å². The number of carbonyl (C=O) groups is 1. The summed E-state index contributed by atoms with van der Waals surface area (Å²) in [6, 6.07) is 13.4. The van der Waals surface area contributed by atoms with Gasteiger partial charge in [-0.15, -0.1) is 10.7 Å². The fourth-order valence-electron chi connectivity index (χ4n) is 4.38. The van der Waals surface area contributed by atoms with Crippen molar-refractivity contribution in [3.05, 3.63) is 76.9 Å². The summed E-state index contributed by atoms with van der Waals surface area (Å²) < 4.78 is 0. The number of aromatic carboxylic acids is 1. The lowest BCUT2D eigenvalue weighted by atomic mass is 9.91. The zero-order chi connectivity index (χ0) is 23.3. The molecule has 8 heteroatoms. The minimum Gasteiger partial charge on any atom is -0.478 e. The van der Waals surface area contributed by atoms with E-state index in [1.165, 1.54) is 0 Å². The van der Waals surface area contributed by atoms with Crippen LogP contribution in [0.15, 0.2) is 70.3 Å². The van der Waals surface area contributed by atoms with Crippen LogP contribution >= 0.6 is 0 Å². The van der Waals surface area contributed by atoms with E-state index >= 15 is 0 Å². The number of rotatable bonds is 5. The topological polar surface area (TPSA) is 107 Å². The number of hydrazone groups is 1. The molecule has 0 bridgehead atoms. The molecule has 2 aromatic rings. The summed E-state index contributed by atoms with van der Waals surface area (Å²) in [4.78, 5) is 21.9. The van der Waals surface area contributed by atoms with Crippen LogP contribution in [0.5, 0.6) is 0 Å². The van der Waals surface area contributed by atoms with Gasteiger partial charge < -0.3 is 20.6 Å². The van der Waals surface area contributed by atoms with Crippen molar-refractivity contribution in [1.82, 2.24) is 16.2 Å². The summed E-state index contributed by atoms with van der Waals surface area (Å²) in [6.07, 6.45) is 6.97. The molecule has 5 rings (SSSR count). The second-order valence-corrected chi connectivity index (χ2v) is 8.41. The van der Waals surface area contributed by atoms with Gasteiger partial charge in [-0.1, -0.05) is 30.4 Å². The van der Waals surface area contributed by atoms with Gasteiger partial charge in [-0.3, -0.25) is 0 Å². The number of carboxylic acid groups (broad SMARTS) is 1. The molecule has 4 N–H and O–H groups in total. The quantitative estimate of drug-likeness (QED) is 0.549. The molecule has 0 saturated carbocycles. The van der Waals surface area contributed by atoms with Crippen LogP contribution in [0.4, 0.5) is 0 Å². The van der Waals surface area contributed by atoms with Crippen molar-refractivity contribution in [3.8, 4) is 11.1 Å². The van der Waals surface area contributed by atoms with Gasteiger partial charge in [0, 0.05) is 18.7 Å². The summed E-state index contributed by atoms with van der Waals surface area (Å²) >= 11 is 0. The van der Waals surface area contributed by atoms with Crippen LogP contribution < -0.4 is 16.2 Å². The van der Waals surface area contributed by atoms with Gasteiger partial charge in [-0.2, -0.15) is 4.99 Å². The largest absolute Gasteiger partial charge is 0.478 e. The van der Waals surface area contributed by atoms with Crippen molar-refractivity contribution in [2.24, 2.45) is 10.1 Å². The minimum atomic E-state index is -0.909. The van der Waals surface area contributed by atoms with E-state index in [4.69, 9.17) is 4.84 Å².